The summed E-state index contributed by atoms with van der Waals surface area (Å²) in [5.74, 6) is 0.662. The molecule has 0 saturated heterocycles. The molecule has 0 saturated carbocycles. The maximum Gasteiger partial charge on any atom is 0.223 e. The molecule has 1 aliphatic rings. The third-order valence-electron chi connectivity index (χ3n) is 3.54. The van der Waals surface area contributed by atoms with Crippen LogP contribution in [-0.2, 0) is 6.42 Å². The molecule has 0 radical (unpaired) electrons. The summed E-state index contributed by atoms with van der Waals surface area (Å²) >= 11 is 0. The minimum absolute atomic E-state index is 0.0711. The zero-order valence-electron chi connectivity index (χ0n) is 11.2. The first kappa shape index (κ1) is 12.1. The highest BCUT2D eigenvalue weighted by atomic mass is 15.1. The number of anilines is 1. The highest BCUT2D eigenvalue weighted by Crippen LogP contribution is 2.32. The van der Waals surface area contributed by atoms with E-state index in [0.717, 1.165) is 17.8 Å². The Morgan fingerprint density at radius 1 is 1.16 bits per heavy atom. The number of aryl methyl sites for hydroxylation is 2. The van der Waals surface area contributed by atoms with Crippen LogP contribution in [0.4, 0.5) is 5.95 Å². The standard InChI is InChI=1S/C15H18N4/c1-9-7-10(2)18-15(17-9)19-14-12-6-4-3-5-11(12)8-13(14)16/h3-7,13-14H,8,16H2,1-2H3,(H,17,18,19). The Kier molecular flexibility index (Phi) is 2.95. The molecule has 1 aromatic carbocycles. The molecule has 4 nitrogen and oxygen atoms in total. The number of rotatable bonds is 2. The van der Waals surface area contributed by atoms with E-state index in [1.165, 1.54) is 11.1 Å². The predicted molar refractivity (Wildman–Crippen MR) is 76.0 cm³/mol. The molecule has 1 heterocycles. The molecule has 0 bridgehead atoms. The smallest absolute Gasteiger partial charge is 0.223 e. The molecule has 19 heavy (non-hydrogen) atoms. The molecule has 4 heteroatoms. The van der Waals surface area contributed by atoms with Gasteiger partial charge in [0.2, 0.25) is 5.95 Å². The van der Waals surface area contributed by atoms with E-state index in [4.69, 9.17) is 5.73 Å². The minimum Gasteiger partial charge on any atom is -0.346 e. The van der Waals surface area contributed by atoms with Crippen molar-refractivity contribution in [2.45, 2.75) is 32.4 Å². The van der Waals surface area contributed by atoms with Gasteiger partial charge in [-0.3, -0.25) is 0 Å². The number of fused-ring (bicyclic) bond motifs is 1. The van der Waals surface area contributed by atoms with Crippen molar-refractivity contribution in [2.75, 3.05) is 5.32 Å². The van der Waals surface area contributed by atoms with Crippen LogP contribution in [0.1, 0.15) is 28.6 Å². The van der Waals surface area contributed by atoms with E-state index in [1.54, 1.807) is 0 Å². The van der Waals surface area contributed by atoms with Crippen molar-refractivity contribution in [3.63, 3.8) is 0 Å². The van der Waals surface area contributed by atoms with Gasteiger partial charge in [0.1, 0.15) is 0 Å². The molecule has 1 aromatic heterocycles. The Labute approximate surface area is 113 Å². The third kappa shape index (κ3) is 2.31. The van der Waals surface area contributed by atoms with Crippen LogP contribution in [-0.4, -0.2) is 16.0 Å². The lowest BCUT2D eigenvalue weighted by molar-refractivity contribution is 0.620. The second kappa shape index (κ2) is 4.63. The van der Waals surface area contributed by atoms with Crippen LogP contribution in [0.5, 0.6) is 0 Å². The Balaban J connectivity index is 1.91. The summed E-state index contributed by atoms with van der Waals surface area (Å²) in [6, 6.07) is 10.5. The topological polar surface area (TPSA) is 63.8 Å². The van der Waals surface area contributed by atoms with Crippen LogP contribution in [0.2, 0.25) is 0 Å². The maximum atomic E-state index is 6.24. The molecule has 0 spiro atoms. The predicted octanol–water partition coefficient (Wildman–Crippen LogP) is 2.13. The first-order valence-electron chi connectivity index (χ1n) is 6.55. The van der Waals surface area contributed by atoms with Gasteiger partial charge in [-0.05, 0) is 37.5 Å². The van der Waals surface area contributed by atoms with Gasteiger partial charge in [0, 0.05) is 17.4 Å². The quantitative estimate of drug-likeness (QED) is 0.861. The molecule has 1 aliphatic carbocycles. The average molecular weight is 254 g/mol. The second-order valence-electron chi connectivity index (χ2n) is 5.16. The third-order valence-corrected chi connectivity index (χ3v) is 3.54. The summed E-state index contributed by atoms with van der Waals surface area (Å²) in [5, 5.41) is 3.38. The fraction of sp³-hybridized carbons (Fsp3) is 0.333. The van der Waals surface area contributed by atoms with E-state index in [0.29, 0.717) is 5.95 Å². The molecule has 2 unspecified atom stereocenters. The molecule has 3 N–H and O–H groups in total. The molecule has 2 atom stereocenters. The van der Waals surface area contributed by atoms with Crippen molar-refractivity contribution in [1.82, 2.24) is 9.97 Å². The van der Waals surface area contributed by atoms with E-state index >= 15 is 0 Å². The summed E-state index contributed by atoms with van der Waals surface area (Å²) in [5.41, 5.74) is 10.7. The number of aromatic nitrogens is 2. The van der Waals surface area contributed by atoms with E-state index in [-0.39, 0.29) is 12.1 Å². The number of nitrogens with zero attached hydrogens (tertiary/aromatic N) is 2. The number of nitrogens with one attached hydrogen (secondary N) is 1. The van der Waals surface area contributed by atoms with Gasteiger partial charge in [0.15, 0.2) is 0 Å². The fourth-order valence-corrected chi connectivity index (χ4v) is 2.74. The van der Waals surface area contributed by atoms with Gasteiger partial charge in [-0.15, -0.1) is 0 Å². The molecule has 0 amide bonds. The van der Waals surface area contributed by atoms with E-state index < -0.39 is 0 Å². The number of hydrogen-bond acceptors (Lipinski definition) is 4. The summed E-state index contributed by atoms with van der Waals surface area (Å²) in [7, 11) is 0. The van der Waals surface area contributed by atoms with Gasteiger partial charge in [-0.1, -0.05) is 24.3 Å². The molecule has 0 aliphatic heterocycles. The van der Waals surface area contributed by atoms with Gasteiger partial charge in [0.25, 0.3) is 0 Å². The van der Waals surface area contributed by atoms with Crippen molar-refractivity contribution in [3.8, 4) is 0 Å². The largest absolute Gasteiger partial charge is 0.346 e. The highest BCUT2D eigenvalue weighted by Gasteiger charge is 2.29. The number of hydrogen-bond donors (Lipinski definition) is 2. The SMILES string of the molecule is Cc1cc(C)nc(NC2c3ccccc3CC2N)n1. The lowest BCUT2D eigenvalue weighted by atomic mass is 10.1. The Bertz CT molecular complexity index is 589. The maximum absolute atomic E-state index is 6.24. The summed E-state index contributed by atoms with van der Waals surface area (Å²) in [6.45, 7) is 3.95. The minimum atomic E-state index is 0.0711. The van der Waals surface area contributed by atoms with Gasteiger partial charge < -0.3 is 11.1 Å². The van der Waals surface area contributed by atoms with Crippen LogP contribution in [0.15, 0.2) is 30.3 Å². The Morgan fingerprint density at radius 2 is 1.84 bits per heavy atom. The van der Waals surface area contributed by atoms with Gasteiger partial charge in [-0.25, -0.2) is 9.97 Å². The Hall–Kier alpha value is -1.94. The van der Waals surface area contributed by atoms with Crippen molar-refractivity contribution in [2.24, 2.45) is 5.73 Å². The van der Waals surface area contributed by atoms with Crippen LogP contribution in [0, 0.1) is 13.8 Å². The lowest BCUT2D eigenvalue weighted by Gasteiger charge is -2.19. The summed E-state index contributed by atoms with van der Waals surface area (Å²) in [4.78, 5) is 8.85. The zero-order chi connectivity index (χ0) is 13.4. The van der Waals surface area contributed by atoms with Crippen LogP contribution in [0.25, 0.3) is 0 Å². The van der Waals surface area contributed by atoms with Crippen molar-refractivity contribution < 1.29 is 0 Å². The monoisotopic (exact) mass is 254 g/mol. The molecule has 3 rings (SSSR count). The van der Waals surface area contributed by atoms with Crippen molar-refractivity contribution in [3.05, 3.63) is 52.8 Å². The molecule has 0 fully saturated rings. The van der Waals surface area contributed by atoms with E-state index in [2.05, 4.69) is 33.5 Å². The van der Waals surface area contributed by atoms with Crippen molar-refractivity contribution in [1.29, 1.82) is 0 Å². The Morgan fingerprint density at radius 3 is 2.58 bits per heavy atom. The molecule has 98 valence electrons. The molecular formula is C15H18N4. The number of nitrogens with two attached hydrogens (primary N) is 1. The average Bonchev–Trinajstić information content (AvgIpc) is 2.65. The summed E-state index contributed by atoms with van der Waals surface area (Å²) < 4.78 is 0. The van der Waals surface area contributed by atoms with E-state index in [9.17, 15) is 0 Å². The first-order chi connectivity index (χ1) is 9.13. The van der Waals surface area contributed by atoms with Crippen LogP contribution >= 0.6 is 0 Å². The van der Waals surface area contributed by atoms with Crippen molar-refractivity contribution >= 4 is 5.95 Å². The zero-order valence-corrected chi connectivity index (χ0v) is 11.2. The van der Waals surface area contributed by atoms with Gasteiger partial charge in [-0.2, -0.15) is 0 Å². The normalized spacial score (nSPS) is 21.2. The second-order valence-corrected chi connectivity index (χ2v) is 5.16. The van der Waals surface area contributed by atoms with Gasteiger partial charge >= 0.3 is 0 Å². The molecular weight excluding hydrogens is 236 g/mol. The number of benzene rings is 1. The molecule has 2 aromatic rings. The van der Waals surface area contributed by atoms with Crippen LogP contribution < -0.4 is 11.1 Å². The lowest BCUT2D eigenvalue weighted by Crippen LogP contribution is -2.30. The highest BCUT2D eigenvalue weighted by molar-refractivity contribution is 5.43. The first-order valence-corrected chi connectivity index (χ1v) is 6.55. The van der Waals surface area contributed by atoms with Crippen LogP contribution in [0.3, 0.4) is 0 Å². The summed E-state index contributed by atoms with van der Waals surface area (Å²) in [6.07, 6.45) is 0.901. The fourth-order valence-electron chi connectivity index (χ4n) is 2.74. The van der Waals surface area contributed by atoms with Gasteiger partial charge in [0.05, 0.1) is 6.04 Å². The van der Waals surface area contributed by atoms with E-state index in [1.807, 2.05) is 26.0 Å².